The van der Waals surface area contributed by atoms with Crippen LogP contribution in [-0.2, 0) is 16.0 Å². The van der Waals surface area contributed by atoms with Crippen LogP contribution in [0.1, 0.15) is 30.4 Å². The highest BCUT2D eigenvalue weighted by Gasteiger charge is 2.59. The summed E-state index contributed by atoms with van der Waals surface area (Å²) < 4.78 is 4.84. The number of carbonyl (C=O) groups excluding carboxylic acids is 2. The SMILES string of the molecule is COC(=O)[C@@H]1CC12CCN(C(=O)NCCc1cccc(C#N)c1)CC2. The van der Waals surface area contributed by atoms with Crippen LogP contribution in [0.2, 0.25) is 0 Å². The Hall–Kier alpha value is -2.55. The first-order valence-electron chi connectivity index (χ1n) is 8.68. The third-order valence-electron chi connectivity index (χ3n) is 5.47. The third-order valence-corrected chi connectivity index (χ3v) is 5.47. The Morgan fingerprint density at radius 1 is 1.40 bits per heavy atom. The van der Waals surface area contributed by atoms with E-state index in [9.17, 15) is 9.59 Å². The second-order valence-electron chi connectivity index (χ2n) is 6.92. The zero-order valence-electron chi connectivity index (χ0n) is 14.5. The summed E-state index contributed by atoms with van der Waals surface area (Å²) in [6.45, 7) is 1.91. The summed E-state index contributed by atoms with van der Waals surface area (Å²) in [5.74, 6) is -0.0902. The molecule has 6 heteroatoms. The first kappa shape index (κ1) is 17.3. The lowest BCUT2D eigenvalue weighted by molar-refractivity contribution is -0.143. The average molecular weight is 341 g/mol. The maximum absolute atomic E-state index is 12.3. The Balaban J connectivity index is 1.41. The first-order chi connectivity index (χ1) is 12.1. The van der Waals surface area contributed by atoms with E-state index in [-0.39, 0.29) is 23.3 Å². The third kappa shape index (κ3) is 3.76. The number of benzene rings is 1. The molecule has 1 aliphatic heterocycles. The zero-order chi connectivity index (χ0) is 17.9. The van der Waals surface area contributed by atoms with E-state index in [1.54, 1.807) is 6.07 Å². The van der Waals surface area contributed by atoms with Crippen LogP contribution < -0.4 is 5.32 Å². The van der Waals surface area contributed by atoms with Gasteiger partial charge in [0.15, 0.2) is 0 Å². The number of hydrogen-bond acceptors (Lipinski definition) is 4. The standard InChI is InChI=1S/C19H23N3O3/c1-25-17(23)16-12-19(16)6-9-22(10-7-19)18(24)21-8-5-14-3-2-4-15(11-14)13-20/h2-4,11,16H,5-10,12H2,1H3,(H,21,24)/t16-/m0/s1. The summed E-state index contributed by atoms with van der Waals surface area (Å²) in [4.78, 5) is 25.8. The molecule has 2 aliphatic rings. The second kappa shape index (κ2) is 7.14. The molecule has 1 saturated heterocycles. The number of urea groups is 1. The number of carbonyl (C=O) groups is 2. The molecule has 1 spiro atoms. The summed E-state index contributed by atoms with van der Waals surface area (Å²) in [5, 5.41) is 11.9. The Morgan fingerprint density at radius 3 is 2.84 bits per heavy atom. The van der Waals surface area contributed by atoms with Gasteiger partial charge in [0.25, 0.3) is 0 Å². The fourth-order valence-electron chi connectivity index (χ4n) is 3.75. The minimum Gasteiger partial charge on any atom is -0.469 e. The average Bonchev–Trinajstić information content (AvgIpc) is 3.35. The number of piperidine rings is 1. The number of esters is 1. The lowest BCUT2D eigenvalue weighted by Gasteiger charge is -2.32. The molecule has 6 nitrogen and oxygen atoms in total. The van der Waals surface area contributed by atoms with E-state index in [0.29, 0.717) is 31.6 Å². The van der Waals surface area contributed by atoms with Gasteiger partial charge in [0.2, 0.25) is 0 Å². The van der Waals surface area contributed by atoms with Gasteiger partial charge >= 0.3 is 12.0 Å². The molecule has 0 aromatic heterocycles. The van der Waals surface area contributed by atoms with Gasteiger partial charge in [-0.3, -0.25) is 4.79 Å². The predicted octanol–water partition coefficient (Wildman–Crippen LogP) is 2.09. The Kier molecular flexibility index (Phi) is 4.93. The van der Waals surface area contributed by atoms with Crippen molar-refractivity contribution in [2.75, 3.05) is 26.7 Å². The van der Waals surface area contributed by atoms with Crippen LogP contribution in [0.3, 0.4) is 0 Å². The van der Waals surface area contributed by atoms with Crippen LogP contribution in [0.5, 0.6) is 0 Å². The molecule has 1 heterocycles. The molecule has 132 valence electrons. The summed E-state index contributed by atoms with van der Waals surface area (Å²) >= 11 is 0. The number of amides is 2. The molecule has 0 radical (unpaired) electrons. The van der Waals surface area contributed by atoms with Gasteiger partial charge in [-0.1, -0.05) is 12.1 Å². The van der Waals surface area contributed by atoms with E-state index in [2.05, 4.69) is 11.4 Å². The lowest BCUT2D eigenvalue weighted by atomic mass is 9.91. The van der Waals surface area contributed by atoms with Crippen LogP contribution in [0, 0.1) is 22.7 Å². The molecule has 1 N–H and O–H groups in total. The summed E-state index contributed by atoms with van der Waals surface area (Å²) in [7, 11) is 1.43. The molecule has 3 rings (SSSR count). The van der Waals surface area contributed by atoms with E-state index >= 15 is 0 Å². The van der Waals surface area contributed by atoms with E-state index in [1.165, 1.54) is 7.11 Å². The van der Waals surface area contributed by atoms with Crippen molar-refractivity contribution >= 4 is 12.0 Å². The zero-order valence-corrected chi connectivity index (χ0v) is 14.5. The van der Waals surface area contributed by atoms with Gasteiger partial charge in [-0.2, -0.15) is 5.26 Å². The molecule has 1 aromatic rings. The molecule has 1 aromatic carbocycles. The molecule has 1 atom stereocenters. The van der Waals surface area contributed by atoms with E-state index in [1.807, 2.05) is 23.1 Å². The molecule has 25 heavy (non-hydrogen) atoms. The number of likely N-dealkylation sites (tertiary alicyclic amines) is 1. The molecular formula is C19H23N3O3. The number of rotatable bonds is 4. The number of methoxy groups -OCH3 is 1. The van der Waals surface area contributed by atoms with Gasteiger partial charge in [0.05, 0.1) is 24.7 Å². The number of hydrogen-bond donors (Lipinski definition) is 1. The number of nitrogens with zero attached hydrogens (tertiary/aromatic N) is 2. The van der Waals surface area contributed by atoms with Crippen molar-refractivity contribution in [1.29, 1.82) is 5.26 Å². The van der Waals surface area contributed by atoms with Crippen molar-refractivity contribution in [3.8, 4) is 6.07 Å². The quantitative estimate of drug-likeness (QED) is 0.850. The molecule has 1 saturated carbocycles. The summed E-state index contributed by atoms with van der Waals surface area (Å²) in [6.07, 6.45) is 3.32. The van der Waals surface area contributed by atoms with E-state index in [0.717, 1.165) is 24.8 Å². The highest BCUT2D eigenvalue weighted by Crippen LogP contribution is 2.59. The number of nitriles is 1. The van der Waals surface area contributed by atoms with Crippen molar-refractivity contribution in [1.82, 2.24) is 10.2 Å². The van der Waals surface area contributed by atoms with E-state index in [4.69, 9.17) is 10.00 Å². The topological polar surface area (TPSA) is 82.4 Å². The van der Waals surface area contributed by atoms with Crippen LogP contribution in [0.15, 0.2) is 24.3 Å². The Morgan fingerprint density at radius 2 is 2.16 bits per heavy atom. The Bertz CT molecular complexity index is 702. The maximum Gasteiger partial charge on any atom is 0.317 e. The monoisotopic (exact) mass is 341 g/mol. The number of ether oxygens (including phenoxy) is 1. The van der Waals surface area contributed by atoms with Gasteiger partial charge in [0.1, 0.15) is 0 Å². The van der Waals surface area contributed by atoms with Crippen molar-refractivity contribution < 1.29 is 14.3 Å². The minimum absolute atomic E-state index is 0.0233. The van der Waals surface area contributed by atoms with Crippen molar-refractivity contribution in [2.24, 2.45) is 11.3 Å². The molecule has 2 fully saturated rings. The van der Waals surface area contributed by atoms with Gasteiger partial charge in [-0.05, 0) is 48.8 Å². The number of nitrogens with one attached hydrogen (secondary N) is 1. The molecule has 0 bridgehead atoms. The predicted molar refractivity (Wildman–Crippen MR) is 91.6 cm³/mol. The highest BCUT2D eigenvalue weighted by molar-refractivity contribution is 5.77. The van der Waals surface area contributed by atoms with E-state index < -0.39 is 0 Å². The maximum atomic E-state index is 12.3. The van der Waals surface area contributed by atoms with Gasteiger partial charge in [-0.15, -0.1) is 0 Å². The summed E-state index contributed by atoms with van der Waals surface area (Å²) in [5.41, 5.74) is 1.74. The normalized spacial score (nSPS) is 20.6. The smallest absolute Gasteiger partial charge is 0.317 e. The molecule has 0 unspecified atom stereocenters. The second-order valence-corrected chi connectivity index (χ2v) is 6.92. The largest absolute Gasteiger partial charge is 0.469 e. The van der Waals surface area contributed by atoms with Crippen molar-refractivity contribution in [3.63, 3.8) is 0 Å². The van der Waals surface area contributed by atoms with Crippen molar-refractivity contribution in [3.05, 3.63) is 35.4 Å². The van der Waals surface area contributed by atoms with Crippen LogP contribution >= 0.6 is 0 Å². The summed E-state index contributed by atoms with van der Waals surface area (Å²) in [6, 6.07) is 9.49. The molecule has 1 aliphatic carbocycles. The first-order valence-corrected chi connectivity index (χ1v) is 8.68. The minimum atomic E-state index is -0.113. The Labute approximate surface area is 147 Å². The van der Waals surface area contributed by atoms with Gasteiger partial charge in [0, 0.05) is 19.6 Å². The fraction of sp³-hybridized carbons (Fsp3) is 0.526. The van der Waals surface area contributed by atoms with Crippen LogP contribution in [0.25, 0.3) is 0 Å². The fourth-order valence-corrected chi connectivity index (χ4v) is 3.75. The van der Waals surface area contributed by atoms with Crippen LogP contribution in [0.4, 0.5) is 4.79 Å². The lowest BCUT2D eigenvalue weighted by Crippen LogP contribution is -2.45. The highest BCUT2D eigenvalue weighted by atomic mass is 16.5. The molecule has 2 amide bonds. The van der Waals surface area contributed by atoms with Gasteiger partial charge in [-0.25, -0.2) is 4.79 Å². The van der Waals surface area contributed by atoms with Crippen molar-refractivity contribution in [2.45, 2.75) is 25.7 Å². The molecular weight excluding hydrogens is 318 g/mol. The van der Waals surface area contributed by atoms with Crippen LogP contribution in [-0.4, -0.2) is 43.6 Å². The van der Waals surface area contributed by atoms with Gasteiger partial charge < -0.3 is 15.0 Å².